The molecule has 0 saturated heterocycles. The number of rotatable bonds is 5. The van der Waals surface area contributed by atoms with Crippen LogP contribution in [0.25, 0.3) is 0 Å². The van der Waals surface area contributed by atoms with Gasteiger partial charge in [-0.2, -0.15) is 0 Å². The predicted molar refractivity (Wildman–Crippen MR) is 58.6 cm³/mol. The van der Waals surface area contributed by atoms with Crippen molar-refractivity contribution in [1.29, 1.82) is 0 Å². The third kappa shape index (κ3) is 3.92. The zero-order valence-corrected chi connectivity index (χ0v) is 9.47. The molecule has 0 bridgehead atoms. The summed E-state index contributed by atoms with van der Waals surface area (Å²) in [6, 6.07) is 3.69. The van der Waals surface area contributed by atoms with Crippen molar-refractivity contribution in [2.45, 2.75) is 33.1 Å². The molecular weight excluding hydrogens is 196 g/mol. The third-order valence-electron chi connectivity index (χ3n) is 2.25. The predicted octanol–water partition coefficient (Wildman–Crippen LogP) is 3.48. The van der Waals surface area contributed by atoms with Crippen LogP contribution in [0, 0.1) is 5.92 Å². The molecule has 0 aliphatic carbocycles. The largest absolute Gasteiger partial charge is 0.415 e. The van der Waals surface area contributed by atoms with Crippen molar-refractivity contribution in [3.63, 3.8) is 0 Å². The summed E-state index contributed by atoms with van der Waals surface area (Å²) in [5.74, 6) is 0.485. The highest BCUT2D eigenvalue weighted by atomic mass is 32.1. The molecule has 0 saturated carbocycles. The molecule has 0 radical (unpaired) electrons. The number of carbonyl (C=O) groups excluding carboxylic acids is 1. The van der Waals surface area contributed by atoms with Crippen molar-refractivity contribution >= 4 is 17.3 Å². The maximum atomic E-state index is 11.3. The first-order valence-electron chi connectivity index (χ1n) is 4.96. The van der Waals surface area contributed by atoms with Crippen molar-refractivity contribution in [2.24, 2.45) is 5.92 Å². The molecule has 0 aliphatic rings. The Kier molecular flexibility index (Phi) is 4.66. The average Bonchev–Trinajstić information content (AvgIpc) is 2.66. The molecular formula is C11H16O2S. The van der Waals surface area contributed by atoms with Crippen LogP contribution in [0.3, 0.4) is 0 Å². The smallest absolute Gasteiger partial charge is 0.311 e. The Morgan fingerprint density at radius 2 is 2.43 bits per heavy atom. The molecule has 1 aromatic rings. The summed E-state index contributed by atoms with van der Waals surface area (Å²) in [7, 11) is 0. The minimum absolute atomic E-state index is 0.118. The van der Waals surface area contributed by atoms with Crippen molar-refractivity contribution in [1.82, 2.24) is 0 Å². The van der Waals surface area contributed by atoms with Crippen LogP contribution in [0.5, 0.6) is 5.06 Å². The standard InChI is InChI=1S/C11H16O2S/c1-3-9(2)6-7-10(12)13-11-5-4-8-14-11/h4-5,8-9H,3,6-7H2,1-2H3. The Hall–Kier alpha value is -0.830. The summed E-state index contributed by atoms with van der Waals surface area (Å²) < 4.78 is 5.13. The number of ether oxygens (including phenoxy) is 1. The molecule has 2 nitrogen and oxygen atoms in total. The van der Waals surface area contributed by atoms with E-state index in [0.29, 0.717) is 17.4 Å². The van der Waals surface area contributed by atoms with Crippen LogP contribution in [0.1, 0.15) is 33.1 Å². The number of hydrogen-bond acceptors (Lipinski definition) is 3. The first-order valence-corrected chi connectivity index (χ1v) is 5.84. The number of carbonyl (C=O) groups is 1. The number of thiophene rings is 1. The second-order valence-corrected chi connectivity index (χ2v) is 4.37. The van der Waals surface area contributed by atoms with Gasteiger partial charge in [-0.3, -0.25) is 4.79 Å². The van der Waals surface area contributed by atoms with Gasteiger partial charge in [0, 0.05) is 6.42 Å². The molecule has 0 spiro atoms. The SMILES string of the molecule is CCC(C)CCC(=O)Oc1cccs1. The fraction of sp³-hybridized carbons (Fsp3) is 0.545. The summed E-state index contributed by atoms with van der Waals surface area (Å²) in [4.78, 5) is 11.3. The van der Waals surface area contributed by atoms with E-state index < -0.39 is 0 Å². The van der Waals surface area contributed by atoms with E-state index >= 15 is 0 Å². The van der Waals surface area contributed by atoms with E-state index in [0.717, 1.165) is 12.8 Å². The Bertz CT molecular complexity index is 267. The highest BCUT2D eigenvalue weighted by molar-refractivity contribution is 7.11. The highest BCUT2D eigenvalue weighted by Gasteiger charge is 2.07. The molecule has 78 valence electrons. The zero-order chi connectivity index (χ0) is 10.4. The number of hydrogen-bond donors (Lipinski definition) is 0. The van der Waals surface area contributed by atoms with E-state index in [1.54, 1.807) is 0 Å². The molecule has 0 aromatic carbocycles. The lowest BCUT2D eigenvalue weighted by atomic mass is 10.0. The fourth-order valence-corrected chi connectivity index (χ4v) is 1.64. The molecule has 0 aliphatic heterocycles. The third-order valence-corrected chi connectivity index (χ3v) is 2.99. The molecule has 1 atom stereocenters. The van der Waals surface area contributed by atoms with Gasteiger partial charge in [-0.25, -0.2) is 0 Å². The maximum Gasteiger partial charge on any atom is 0.311 e. The molecule has 1 rings (SSSR count). The summed E-state index contributed by atoms with van der Waals surface area (Å²) >= 11 is 1.45. The van der Waals surface area contributed by atoms with E-state index in [9.17, 15) is 4.79 Å². The van der Waals surface area contributed by atoms with Crippen LogP contribution in [-0.4, -0.2) is 5.97 Å². The molecule has 14 heavy (non-hydrogen) atoms. The van der Waals surface area contributed by atoms with Crippen molar-refractivity contribution in [3.8, 4) is 5.06 Å². The summed E-state index contributed by atoms with van der Waals surface area (Å²) in [6.45, 7) is 4.29. The molecule has 1 heterocycles. The van der Waals surface area contributed by atoms with Gasteiger partial charge in [0.15, 0.2) is 5.06 Å². The summed E-state index contributed by atoms with van der Waals surface area (Å²) in [5.41, 5.74) is 0. The van der Waals surface area contributed by atoms with Gasteiger partial charge in [0.25, 0.3) is 0 Å². The van der Waals surface area contributed by atoms with E-state index in [-0.39, 0.29) is 5.97 Å². The Balaban J connectivity index is 2.23. The summed E-state index contributed by atoms with van der Waals surface area (Å²) in [6.07, 6.45) is 2.56. The first kappa shape index (κ1) is 11.2. The molecule has 0 N–H and O–H groups in total. The van der Waals surface area contributed by atoms with Crippen molar-refractivity contribution < 1.29 is 9.53 Å². The monoisotopic (exact) mass is 212 g/mol. The second-order valence-electron chi connectivity index (χ2n) is 3.46. The average molecular weight is 212 g/mol. The van der Waals surface area contributed by atoms with Gasteiger partial charge in [-0.1, -0.05) is 20.3 Å². The topological polar surface area (TPSA) is 26.3 Å². The van der Waals surface area contributed by atoms with E-state index in [1.165, 1.54) is 11.3 Å². The summed E-state index contributed by atoms with van der Waals surface area (Å²) in [5, 5.41) is 2.59. The van der Waals surface area contributed by atoms with Crippen LogP contribution in [-0.2, 0) is 4.79 Å². The van der Waals surface area contributed by atoms with Gasteiger partial charge in [0.1, 0.15) is 0 Å². The van der Waals surface area contributed by atoms with E-state index in [1.807, 2.05) is 17.5 Å². The van der Waals surface area contributed by atoms with Crippen molar-refractivity contribution in [3.05, 3.63) is 17.5 Å². The van der Waals surface area contributed by atoms with Crippen LogP contribution < -0.4 is 4.74 Å². The number of esters is 1. The van der Waals surface area contributed by atoms with Crippen molar-refractivity contribution in [2.75, 3.05) is 0 Å². The minimum Gasteiger partial charge on any atom is -0.415 e. The van der Waals surface area contributed by atoms with Gasteiger partial charge in [0.2, 0.25) is 0 Å². The fourth-order valence-electron chi connectivity index (χ4n) is 1.05. The lowest BCUT2D eigenvalue weighted by Gasteiger charge is -2.06. The molecule has 3 heteroatoms. The van der Waals surface area contributed by atoms with E-state index in [2.05, 4.69) is 13.8 Å². The van der Waals surface area contributed by atoms with Gasteiger partial charge in [0.05, 0.1) is 0 Å². The molecule has 0 fully saturated rings. The van der Waals surface area contributed by atoms with Crippen LogP contribution in [0.4, 0.5) is 0 Å². The molecule has 1 aromatic heterocycles. The maximum absolute atomic E-state index is 11.3. The van der Waals surface area contributed by atoms with E-state index in [4.69, 9.17) is 4.74 Å². The van der Waals surface area contributed by atoms with Crippen LogP contribution in [0.2, 0.25) is 0 Å². The Morgan fingerprint density at radius 3 is 3.00 bits per heavy atom. The van der Waals surface area contributed by atoms with Gasteiger partial charge in [-0.15, -0.1) is 11.3 Å². The first-order chi connectivity index (χ1) is 6.72. The quantitative estimate of drug-likeness (QED) is 0.698. The van der Waals surface area contributed by atoms with Crippen LogP contribution >= 0.6 is 11.3 Å². The minimum atomic E-state index is -0.118. The molecule has 0 amide bonds. The molecule has 1 unspecified atom stereocenters. The lowest BCUT2D eigenvalue weighted by molar-refractivity contribution is -0.134. The highest BCUT2D eigenvalue weighted by Crippen LogP contribution is 2.19. The van der Waals surface area contributed by atoms with Crippen LogP contribution in [0.15, 0.2) is 17.5 Å². The Labute approximate surface area is 88.9 Å². The normalized spacial score (nSPS) is 12.4. The Morgan fingerprint density at radius 1 is 1.64 bits per heavy atom. The van der Waals surface area contributed by atoms with Gasteiger partial charge < -0.3 is 4.74 Å². The second kappa shape index (κ2) is 5.81. The van der Waals surface area contributed by atoms with Gasteiger partial charge in [-0.05, 0) is 29.9 Å². The lowest BCUT2D eigenvalue weighted by Crippen LogP contribution is -2.08. The zero-order valence-electron chi connectivity index (χ0n) is 8.66. The van der Waals surface area contributed by atoms with Gasteiger partial charge >= 0.3 is 5.97 Å².